The normalized spacial score (nSPS) is 16.8. The number of nitrogens with zero attached hydrogens (tertiary/aromatic N) is 2. The van der Waals surface area contributed by atoms with Crippen LogP contribution in [0.5, 0.6) is 0 Å². The number of esters is 1. The Bertz CT molecular complexity index is 962. The zero-order valence-electron chi connectivity index (χ0n) is 16.3. The molecule has 156 valence electrons. The van der Waals surface area contributed by atoms with Gasteiger partial charge in [0, 0.05) is 30.8 Å². The predicted octanol–water partition coefficient (Wildman–Crippen LogP) is 2.69. The highest BCUT2D eigenvalue weighted by atomic mass is 16.6. The summed E-state index contributed by atoms with van der Waals surface area (Å²) in [5, 5.41) is 13.2. The Kier molecular flexibility index (Phi) is 6.41. The van der Waals surface area contributed by atoms with E-state index < -0.39 is 29.3 Å². The summed E-state index contributed by atoms with van der Waals surface area (Å²) in [6.07, 6.45) is 0.0303. The number of nitrogens with one attached hydrogen (secondary N) is 1. The summed E-state index contributed by atoms with van der Waals surface area (Å²) in [7, 11) is 0. The molecule has 2 aromatic rings. The highest BCUT2D eigenvalue weighted by molar-refractivity contribution is 5.94. The third kappa shape index (κ3) is 4.99. The highest BCUT2D eigenvalue weighted by Crippen LogP contribution is 2.29. The lowest BCUT2D eigenvalue weighted by Crippen LogP contribution is -2.30. The average Bonchev–Trinajstić information content (AvgIpc) is 3.14. The molecule has 30 heavy (non-hydrogen) atoms. The van der Waals surface area contributed by atoms with Crippen LogP contribution < -0.4 is 5.32 Å². The molecule has 0 aliphatic carbocycles. The minimum Gasteiger partial charge on any atom is -0.455 e. The van der Waals surface area contributed by atoms with Crippen LogP contribution in [-0.4, -0.2) is 40.8 Å². The molecule has 2 amide bonds. The summed E-state index contributed by atoms with van der Waals surface area (Å²) in [6, 6.07) is 14.8. The van der Waals surface area contributed by atoms with Gasteiger partial charge in [0.05, 0.1) is 16.9 Å². The summed E-state index contributed by atoms with van der Waals surface area (Å²) >= 11 is 0. The molecule has 0 radical (unpaired) electrons. The van der Waals surface area contributed by atoms with Crippen LogP contribution in [0.25, 0.3) is 0 Å². The monoisotopic (exact) mass is 411 g/mol. The van der Waals surface area contributed by atoms with Crippen LogP contribution in [0.3, 0.4) is 0 Å². The van der Waals surface area contributed by atoms with Gasteiger partial charge in [0.1, 0.15) is 0 Å². The number of hydrogen-bond acceptors (Lipinski definition) is 6. The van der Waals surface area contributed by atoms with Crippen molar-refractivity contribution in [3.8, 4) is 0 Å². The topological polar surface area (TPSA) is 119 Å². The molecule has 1 saturated heterocycles. The third-order valence-electron chi connectivity index (χ3n) is 4.93. The Labute approximate surface area is 172 Å². The van der Waals surface area contributed by atoms with E-state index in [4.69, 9.17) is 4.74 Å². The zero-order chi connectivity index (χ0) is 21.7. The lowest BCUT2D eigenvalue weighted by atomic mass is 10.1. The van der Waals surface area contributed by atoms with Gasteiger partial charge in [0.25, 0.3) is 11.6 Å². The number of carbonyl (C=O) groups excluding carboxylic acids is 3. The average molecular weight is 411 g/mol. The van der Waals surface area contributed by atoms with Crippen LogP contribution in [0.1, 0.15) is 24.9 Å². The number of rotatable bonds is 7. The van der Waals surface area contributed by atoms with Crippen LogP contribution in [0.15, 0.2) is 54.6 Å². The van der Waals surface area contributed by atoms with Crippen molar-refractivity contribution >= 4 is 29.2 Å². The number of nitro groups is 1. The van der Waals surface area contributed by atoms with Gasteiger partial charge in [-0.3, -0.25) is 24.5 Å². The molecule has 1 aliphatic heterocycles. The summed E-state index contributed by atoms with van der Waals surface area (Å²) in [4.78, 5) is 48.5. The molecule has 3 rings (SSSR count). The maximum Gasteiger partial charge on any atom is 0.311 e. The van der Waals surface area contributed by atoms with E-state index in [1.807, 2.05) is 37.3 Å². The van der Waals surface area contributed by atoms with Crippen LogP contribution in [0.2, 0.25) is 0 Å². The molecule has 2 atom stereocenters. The first-order valence-corrected chi connectivity index (χ1v) is 9.40. The number of amides is 2. The fourth-order valence-electron chi connectivity index (χ4n) is 3.32. The molecule has 1 heterocycles. The minimum absolute atomic E-state index is 0.0303. The first-order chi connectivity index (χ1) is 14.3. The van der Waals surface area contributed by atoms with E-state index in [0.717, 1.165) is 5.56 Å². The standard InChI is InChI=1S/C21H21N3O6/c1-14(15-6-3-2-4-7-15)23-12-16(10-20(23)26)21(27)30-13-19(25)22-17-8-5-9-18(11-17)24(28)29/h2-9,11,14,16H,10,12-13H2,1H3,(H,22,25)/t14-,16+/m0/s1. The first-order valence-electron chi connectivity index (χ1n) is 9.40. The summed E-state index contributed by atoms with van der Waals surface area (Å²) in [5.74, 6) is -2.04. The van der Waals surface area contributed by atoms with Crippen LogP contribution >= 0.6 is 0 Å². The van der Waals surface area contributed by atoms with E-state index in [1.165, 1.54) is 24.3 Å². The van der Waals surface area contributed by atoms with Crippen molar-refractivity contribution in [1.29, 1.82) is 0 Å². The second-order valence-electron chi connectivity index (χ2n) is 7.00. The van der Waals surface area contributed by atoms with Gasteiger partial charge in [-0.05, 0) is 18.6 Å². The first kappa shape index (κ1) is 21.0. The van der Waals surface area contributed by atoms with Crippen molar-refractivity contribution in [2.75, 3.05) is 18.5 Å². The number of anilines is 1. The largest absolute Gasteiger partial charge is 0.455 e. The van der Waals surface area contributed by atoms with Gasteiger partial charge in [-0.1, -0.05) is 36.4 Å². The van der Waals surface area contributed by atoms with Crippen molar-refractivity contribution < 1.29 is 24.0 Å². The fourth-order valence-corrected chi connectivity index (χ4v) is 3.32. The zero-order valence-corrected chi connectivity index (χ0v) is 16.3. The molecule has 1 aliphatic rings. The molecule has 0 bridgehead atoms. The maximum absolute atomic E-state index is 12.4. The number of ether oxygens (including phenoxy) is 1. The van der Waals surface area contributed by atoms with Crippen LogP contribution in [0, 0.1) is 16.0 Å². The molecule has 9 heteroatoms. The maximum atomic E-state index is 12.4. The molecule has 0 saturated carbocycles. The van der Waals surface area contributed by atoms with Gasteiger partial charge in [-0.2, -0.15) is 0 Å². The fraction of sp³-hybridized carbons (Fsp3) is 0.286. The summed E-state index contributed by atoms with van der Waals surface area (Å²) in [6.45, 7) is 1.58. The van der Waals surface area contributed by atoms with E-state index in [1.54, 1.807) is 4.90 Å². The molecule has 0 aromatic heterocycles. The number of non-ortho nitro benzene ring substituents is 1. The minimum atomic E-state index is -0.644. The smallest absolute Gasteiger partial charge is 0.311 e. The quantitative estimate of drug-likeness (QED) is 0.425. The molecule has 9 nitrogen and oxygen atoms in total. The van der Waals surface area contributed by atoms with Gasteiger partial charge in [0.2, 0.25) is 5.91 Å². The van der Waals surface area contributed by atoms with Crippen molar-refractivity contribution in [3.63, 3.8) is 0 Å². The summed E-state index contributed by atoms with van der Waals surface area (Å²) in [5.41, 5.74) is 1.03. The Balaban J connectivity index is 1.51. The van der Waals surface area contributed by atoms with E-state index in [2.05, 4.69) is 5.32 Å². The van der Waals surface area contributed by atoms with Gasteiger partial charge in [-0.25, -0.2) is 0 Å². The SMILES string of the molecule is C[C@@H](c1ccccc1)N1C[C@H](C(=O)OCC(=O)Nc2cccc([N+](=O)[O-])c2)CC1=O. The van der Waals surface area contributed by atoms with E-state index >= 15 is 0 Å². The van der Waals surface area contributed by atoms with Crippen molar-refractivity contribution in [1.82, 2.24) is 4.90 Å². The Morgan fingerprint density at radius 3 is 2.67 bits per heavy atom. The number of likely N-dealkylation sites (tertiary alicyclic amines) is 1. The Hall–Kier alpha value is -3.75. The number of nitro benzene ring substituents is 1. The lowest BCUT2D eigenvalue weighted by Gasteiger charge is -2.25. The molecule has 0 unspecified atom stereocenters. The molecule has 1 N–H and O–H groups in total. The van der Waals surface area contributed by atoms with Crippen molar-refractivity contribution in [2.24, 2.45) is 5.92 Å². The van der Waals surface area contributed by atoms with E-state index in [0.29, 0.717) is 0 Å². The second kappa shape index (κ2) is 9.17. The van der Waals surface area contributed by atoms with Gasteiger partial charge < -0.3 is 15.0 Å². The van der Waals surface area contributed by atoms with Gasteiger partial charge in [0.15, 0.2) is 6.61 Å². The number of carbonyl (C=O) groups is 3. The van der Waals surface area contributed by atoms with Crippen LogP contribution in [-0.2, 0) is 19.1 Å². The highest BCUT2D eigenvalue weighted by Gasteiger charge is 2.38. The molecular weight excluding hydrogens is 390 g/mol. The Morgan fingerprint density at radius 1 is 1.23 bits per heavy atom. The van der Waals surface area contributed by atoms with E-state index in [9.17, 15) is 24.5 Å². The van der Waals surface area contributed by atoms with Crippen molar-refractivity contribution in [3.05, 3.63) is 70.3 Å². The molecule has 0 spiro atoms. The van der Waals surface area contributed by atoms with Gasteiger partial charge in [-0.15, -0.1) is 0 Å². The third-order valence-corrected chi connectivity index (χ3v) is 4.93. The lowest BCUT2D eigenvalue weighted by molar-refractivity contribution is -0.384. The van der Waals surface area contributed by atoms with Crippen molar-refractivity contribution in [2.45, 2.75) is 19.4 Å². The Morgan fingerprint density at radius 2 is 1.97 bits per heavy atom. The number of hydrogen-bond donors (Lipinski definition) is 1. The van der Waals surface area contributed by atoms with Crippen LogP contribution in [0.4, 0.5) is 11.4 Å². The molecule has 1 fully saturated rings. The van der Waals surface area contributed by atoms with Gasteiger partial charge >= 0.3 is 5.97 Å². The summed E-state index contributed by atoms with van der Waals surface area (Å²) < 4.78 is 5.06. The predicted molar refractivity (Wildman–Crippen MR) is 107 cm³/mol. The second-order valence-corrected chi connectivity index (χ2v) is 7.00. The molecule has 2 aromatic carbocycles. The molecular formula is C21H21N3O6. The van der Waals surface area contributed by atoms with E-state index in [-0.39, 0.29) is 36.3 Å². The number of benzene rings is 2.